The maximum Gasteiger partial charge on any atom is 0.307 e. The van der Waals surface area contributed by atoms with Gasteiger partial charge in [0.05, 0.1) is 6.42 Å². The smallest absolute Gasteiger partial charge is 0.307 e. The highest BCUT2D eigenvalue weighted by Gasteiger charge is 2.15. The van der Waals surface area contributed by atoms with Crippen LogP contribution < -0.4 is 5.32 Å². The maximum absolute atomic E-state index is 11.5. The van der Waals surface area contributed by atoms with E-state index in [1.54, 1.807) is 0 Å². The molecule has 18 heavy (non-hydrogen) atoms. The molecule has 0 heterocycles. The van der Waals surface area contributed by atoms with Gasteiger partial charge < -0.3 is 10.1 Å². The molecule has 1 aromatic rings. The summed E-state index contributed by atoms with van der Waals surface area (Å²) in [4.78, 5) is 11.5. The second kappa shape index (κ2) is 6.55. The van der Waals surface area contributed by atoms with Crippen LogP contribution in [0.5, 0.6) is 0 Å². The molecule has 1 aromatic carbocycles. The molecular formula is C15H23NO2. The number of hydrogen-bond acceptors (Lipinski definition) is 3. The lowest BCUT2D eigenvalue weighted by atomic mass is 10.1. The molecule has 0 radical (unpaired) electrons. The number of carbonyl (C=O) groups is 1. The molecule has 0 aliphatic carbocycles. The largest absolute Gasteiger partial charge is 0.460 e. The van der Waals surface area contributed by atoms with Gasteiger partial charge in [-0.25, -0.2) is 0 Å². The van der Waals surface area contributed by atoms with Crippen LogP contribution in [0.4, 0.5) is 0 Å². The summed E-state index contributed by atoms with van der Waals surface area (Å²) >= 11 is 0. The van der Waals surface area contributed by atoms with Crippen molar-refractivity contribution in [1.82, 2.24) is 5.32 Å². The van der Waals surface area contributed by atoms with E-state index in [9.17, 15) is 4.79 Å². The average molecular weight is 249 g/mol. The van der Waals surface area contributed by atoms with E-state index in [1.807, 2.05) is 39.0 Å². The molecule has 100 valence electrons. The molecule has 0 amide bonds. The minimum atomic E-state index is -0.401. The quantitative estimate of drug-likeness (QED) is 0.815. The summed E-state index contributed by atoms with van der Waals surface area (Å²) in [6, 6.07) is 10.4. The van der Waals surface area contributed by atoms with Crippen molar-refractivity contribution in [3.63, 3.8) is 0 Å². The predicted octanol–water partition coefficient (Wildman–Crippen LogP) is 3.07. The second-order valence-electron chi connectivity index (χ2n) is 5.42. The van der Waals surface area contributed by atoms with Gasteiger partial charge in [0, 0.05) is 12.6 Å². The number of hydrogen-bond donors (Lipinski definition) is 1. The van der Waals surface area contributed by atoms with Crippen molar-refractivity contribution >= 4 is 5.97 Å². The minimum Gasteiger partial charge on any atom is -0.460 e. The van der Waals surface area contributed by atoms with Gasteiger partial charge in [0.2, 0.25) is 0 Å². The minimum absolute atomic E-state index is 0.157. The molecule has 0 saturated heterocycles. The predicted molar refractivity (Wildman–Crippen MR) is 73.3 cm³/mol. The van der Waals surface area contributed by atoms with E-state index in [1.165, 1.54) is 5.56 Å². The maximum atomic E-state index is 11.5. The first-order valence-electron chi connectivity index (χ1n) is 6.38. The van der Waals surface area contributed by atoms with E-state index < -0.39 is 5.60 Å². The highest BCUT2D eigenvalue weighted by Crippen LogP contribution is 2.11. The van der Waals surface area contributed by atoms with Gasteiger partial charge in [-0.3, -0.25) is 4.79 Å². The van der Waals surface area contributed by atoms with Crippen LogP contribution in [-0.2, 0) is 9.53 Å². The zero-order chi connectivity index (χ0) is 13.6. The van der Waals surface area contributed by atoms with Crippen molar-refractivity contribution in [3.8, 4) is 0 Å². The van der Waals surface area contributed by atoms with E-state index in [2.05, 4.69) is 24.4 Å². The van der Waals surface area contributed by atoms with Crippen LogP contribution in [0.25, 0.3) is 0 Å². The summed E-state index contributed by atoms with van der Waals surface area (Å²) < 4.78 is 5.25. The van der Waals surface area contributed by atoms with Crippen LogP contribution in [0.15, 0.2) is 30.3 Å². The first-order chi connectivity index (χ1) is 8.38. The molecular weight excluding hydrogens is 226 g/mol. The van der Waals surface area contributed by atoms with Crippen molar-refractivity contribution in [2.45, 2.75) is 45.8 Å². The lowest BCUT2D eigenvalue weighted by Gasteiger charge is -2.20. The normalized spacial score (nSPS) is 13.1. The van der Waals surface area contributed by atoms with E-state index in [0.29, 0.717) is 13.0 Å². The summed E-state index contributed by atoms with van der Waals surface area (Å²) in [5.74, 6) is -0.157. The fourth-order valence-corrected chi connectivity index (χ4v) is 1.64. The topological polar surface area (TPSA) is 38.3 Å². The van der Waals surface area contributed by atoms with E-state index in [0.717, 1.165) is 0 Å². The van der Waals surface area contributed by atoms with Gasteiger partial charge in [-0.05, 0) is 33.3 Å². The lowest BCUT2D eigenvalue weighted by Crippen LogP contribution is -2.27. The van der Waals surface area contributed by atoms with Gasteiger partial charge in [0.15, 0.2) is 0 Å². The molecule has 0 aliphatic heterocycles. The fourth-order valence-electron chi connectivity index (χ4n) is 1.64. The number of rotatable bonds is 5. The second-order valence-corrected chi connectivity index (χ2v) is 5.42. The molecule has 3 heteroatoms. The van der Waals surface area contributed by atoms with Gasteiger partial charge in [0.25, 0.3) is 0 Å². The monoisotopic (exact) mass is 249 g/mol. The fraction of sp³-hybridized carbons (Fsp3) is 0.533. The summed E-state index contributed by atoms with van der Waals surface area (Å²) in [5, 5.41) is 3.31. The molecule has 0 aliphatic rings. The van der Waals surface area contributed by atoms with Crippen LogP contribution in [0.1, 0.15) is 45.7 Å². The third-order valence-corrected chi connectivity index (χ3v) is 2.50. The van der Waals surface area contributed by atoms with Gasteiger partial charge in [-0.1, -0.05) is 30.3 Å². The van der Waals surface area contributed by atoms with E-state index >= 15 is 0 Å². The summed E-state index contributed by atoms with van der Waals surface area (Å²) in [6.07, 6.45) is 0.397. The summed E-state index contributed by atoms with van der Waals surface area (Å²) in [6.45, 7) is 8.36. The Balaban J connectivity index is 2.28. The average Bonchev–Trinajstić information content (AvgIpc) is 2.27. The van der Waals surface area contributed by atoms with Crippen LogP contribution in [0.3, 0.4) is 0 Å². The Morgan fingerprint density at radius 2 is 1.89 bits per heavy atom. The Labute approximate surface area is 110 Å². The number of carbonyl (C=O) groups excluding carboxylic acids is 1. The number of esters is 1. The molecule has 3 nitrogen and oxygen atoms in total. The van der Waals surface area contributed by atoms with E-state index in [-0.39, 0.29) is 12.0 Å². The van der Waals surface area contributed by atoms with Gasteiger partial charge >= 0.3 is 5.97 Å². The van der Waals surface area contributed by atoms with Crippen molar-refractivity contribution in [1.29, 1.82) is 0 Å². The summed E-state index contributed by atoms with van der Waals surface area (Å²) in [7, 11) is 0. The number of ether oxygens (including phenoxy) is 1. The molecule has 0 unspecified atom stereocenters. The molecule has 0 fully saturated rings. The number of benzene rings is 1. The Morgan fingerprint density at radius 3 is 2.44 bits per heavy atom. The number of nitrogens with one attached hydrogen (secondary N) is 1. The lowest BCUT2D eigenvalue weighted by molar-refractivity contribution is -0.154. The first kappa shape index (κ1) is 14.7. The molecule has 0 bridgehead atoms. The zero-order valence-corrected chi connectivity index (χ0v) is 11.7. The Hall–Kier alpha value is -1.35. The zero-order valence-electron chi connectivity index (χ0n) is 11.7. The SMILES string of the molecule is C[C@@H](NCCC(=O)OC(C)(C)C)c1ccccc1. The Kier molecular flexibility index (Phi) is 5.35. The Morgan fingerprint density at radius 1 is 1.28 bits per heavy atom. The van der Waals surface area contributed by atoms with Crippen molar-refractivity contribution in [2.75, 3.05) is 6.54 Å². The van der Waals surface area contributed by atoms with Crippen LogP contribution >= 0.6 is 0 Å². The highest BCUT2D eigenvalue weighted by molar-refractivity contribution is 5.70. The van der Waals surface area contributed by atoms with Crippen LogP contribution in [-0.4, -0.2) is 18.1 Å². The van der Waals surface area contributed by atoms with Crippen LogP contribution in [0.2, 0.25) is 0 Å². The van der Waals surface area contributed by atoms with Gasteiger partial charge in [-0.15, -0.1) is 0 Å². The van der Waals surface area contributed by atoms with Gasteiger partial charge in [0.1, 0.15) is 5.60 Å². The van der Waals surface area contributed by atoms with Crippen molar-refractivity contribution in [2.24, 2.45) is 0 Å². The van der Waals surface area contributed by atoms with Crippen molar-refractivity contribution in [3.05, 3.63) is 35.9 Å². The highest BCUT2D eigenvalue weighted by atomic mass is 16.6. The van der Waals surface area contributed by atoms with Crippen LogP contribution in [0, 0.1) is 0 Å². The molecule has 0 aromatic heterocycles. The standard InChI is InChI=1S/C15H23NO2/c1-12(13-8-6-5-7-9-13)16-11-10-14(17)18-15(2,3)4/h5-9,12,16H,10-11H2,1-4H3/t12-/m1/s1. The van der Waals surface area contributed by atoms with E-state index in [4.69, 9.17) is 4.74 Å². The molecule has 0 spiro atoms. The first-order valence-corrected chi connectivity index (χ1v) is 6.38. The third-order valence-electron chi connectivity index (χ3n) is 2.50. The Bertz CT molecular complexity index is 368. The molecule has 0 saturated carbocycles. The van der Waals surface area contributed by atoms with Crippen molar-refractivity contribution < 1.29 is 9.53 Å². The van der Waals surface area contributed by atoms with Gasteiger partial charge in [-0.2, -0.15) is 0 Å². The molecule has 1 N–H and O–H groups in total. The summed E-state index contributed by atoms with van der Waals surface area (Å²) in [5.41, 5.74) is 0.823. The third kappa shape index (κ3) is 5.82. The molecule has 1 atom stereocenters. The molecule has 1 rings (SSSR count).